The summed E-state index contributed by atoms with van der Waals surface area (Å²) in [6.45, 7) is 1.86. The topological polar surface area (TPSA) is 70.2 Å². The van der Waals surface area contributed by atoms with Gasteiger partial charge in [-0.3, -0.25) is 9.59 Å². The molecule has 1 aliphatic heterocycles. The first-order chi connectivity index (χ1) is 12.7. The maximum atomic E-state index is 12.5. The van der Waals surface area contributed by atoms with Crippen LogP contribution in [0.5, 0.6) is 0 Å². The highest BCUT2D eigenvalue weighted by Gasteiger charge is 2.21. The highest BCUT2D eigenvalue weighted by molar-refractivity contribution is 5.94. The number of hydrogen-bond acceptors (Lipinski definition) is 3. The van der Waals surface area contributed by atoms with Gasteiger partial charge in [-0.25, -0.2) is 0 Å². The Kier molecular flexibility index (Phi) is 8.30. The number of benzene rings is 2. The molecule has 27 heavy (non-hydrogen) atoms. The third kappa shape index (κ3) is 6.38. The van der Waals surface area contributed by atoms with Crippen LogP contribution in [0.25, 0.3) is 0 Å². The summed E-state index contributed by atoms with van der Waals surface area (Å²) in [6, 6.07) is 18.6. The number of amides is 2. The number of nitrogens with one attached hydrogen (secondary N) is 3. The number of hydrogen-bond donors (Lipinski definition) is 3. The number of halogens is 1. The Balaban J connectivity index is 0.00000261. The molecular weight excluding hydrogens is 362 g/mol. The van der Waals surface area contributed by atoms with Crippen LogP contribution in [0.1, 0.15) is 41.2 Å². The van der Waals surface area contributed by atoms with E-state index in [1.807, 2.05) is 48.5 Å². The Morgan fingerprint density at radius 2 is 1.56 bits per heavy atom. The van der Waals surface area contributed by atoms with E-state index in [-0.39, 0.29) is 42.7 Å². The fourth-order valence-electron chi connectivity index (χ4n) is 3.21. The Labute approximate surface area is 166 Å². The zero-order valence-electron chi connectivity index (χ0n) is 15.2. The smallest absolute Gasteiger partial charge is 0.251 e. The summed E-state index contributed by atoms with van der Waals surface area (Å²) in [5.74, 6) is -0.201. The second-order valence-electron chi connectivity index (χ2n) is 6.60. The van der Waals surface area contributed by atoms with E-state index in [1.165, 1.54) is 0 Å². The molecule has 1 atom stereocenters. The second-order valence-corrected chi connectivity index (χ2v) is 6.60. The monoisotopic (exact) mass is 387 g/mol. The summed E-state index contributed by atoms with van der Waals surface area (Å²) in [7, 11) is 0. The van der Waals surface area contributed by atoms with Gasteiger partial charge in [0.2, 0.25) is 5.91 Å². The zero-order chi connectivity index (χ0) is 18.2. The van der Waals surface area contributed by atoms with Gasteiger partial charge in [0.05, 0.1) is 12.5 Å². The van der Waals surface area contributed by atoms with Crippen molar-refractivity contribution in [2.45, 2.75) is 31.3 Å². The Bertz CT molecular complexity index is 719. The van der Waals surface area contributed by atoms with Gasteiger partial charge < -0.3 is 16.0 Å². The van der Waals surface area contributed by atoms with Crippen LogP contribution in [0.3, 0.4) is 0 Å². The lowest BCUT2D eigenvalue weighted by Gasteiger charge is -2.25. The van der Waals surface area contributed by atoms with Crippen molar-refractivity contribution >= 4 is 24.2 Å². The minimum Gasteiger partial charge on any atom is -0.353 e. The molecule has 0 saturated carbocycles. The van der Waals surface area contributed by atoms with Crippen molar-refractivity contribution in [3.8, 4) is 0 Å². The highest BCUT2D eigenvalue weighted by Crippen LogP contribution is 2.18. The Hall–Kier alpha value is -2.37. The molecule has 6 heteroatoms. The first-order valence-corrected chi connectivity index (χ1v) is 9.13. The first kappa shape index (κ1) is 20.9. The molecule has 0 aromatic heterocycles. The van der Waals surface area contributed by atoms with E-state index in [0.717, 1.165) is 31.5 Å². The van der Waals surface area contributed by atoms with Gasteiger partial charge in [0.25, 0.3) is 5.91 Å². The van der Waals surface area contributed by atoms with Gasteiger partial charge in [-0.05, 0) is 43.6 Å². The Morgan fingerprint density at radius 1 is 0.963 bits per heavy atom. The van der Waals surface area contributed by atoms with Crippen molar-refractivity contribution in [3.05, 3.63) is 71.8 Å². The van der Waals surface area contributed by atoms with Crippen LogP contribution >= 0.6 is 12.4 Å². The van der Waals surface area contributed by atoms with Crippen molar-refractivity contribution in [3.63, 3.8) is 0 Å². The molecule has 1 saturated heterocycles. The van der Waals surface area contributed by atoms with Crippen LogP contribution in [0, 0.1) is 0 Å². The van der Waals surface area contributed by atoms with Crippen LogP contribution in [0.4, 0.5) is 0 Å². The molecule has 0 aliphatic carbocycles. The molecule has 3 N–H and O–H groups in total. The first-order valence-electron chi connectivity index (χ1n) is 9.13. The molecule has 144 valence electrons. The molecule has 1 aliphatic rings. The van der Waals surface area contributed by atoms with Crippen molar-refractivity contribution in [2.24, 2.45) is 0 Å². The summed E-state index contributed by atoms with van der Waals surface area (Å²) in [5.41, 5.74) is 1.52. The van der Waals surface area contributed by atoms with Crippen LogP contribution < -0.4 is 16.0 Å². The summed E-state index contributed by atoms with van der Waals surface area (Å²) < 4.78 is 0. The predicted octanol–water partition coefficient (Wildman–Crippen LogP) is 2.84. The van der Waals surface area contributed by atoms with E-state index >= 15 is 0 Å². The number of carbonyl (C=O) groups excluding carboxylic acids is 2. The SMILES string of the molecule is Cl.O=C(CC(NC(=O)c1ccccc1)c1ccccc1)NC1CCNCC1. The van der Waals surface area contributed by atoms with Crippen molar-refractivity contribution < 1.29 is 9.59 Å². The lowest BCUT2D eigenvalue weighted by Crippen LogP contribution is -2.44. The van der Waals surface area contributed by atoms with Crippen molar-refractivity contribution in [1.29, 1.82) is 0 Å². The lowest BCUT2D eigenvalue weighted by atomic mass is 10.0. The minimum atomic E-state index is -0.356. The molecule has 1 unspecified atom stereocenters. The van der Waals surface area contributed by atoms with Gasteiger partial charge in [0.15, 0.2) is 0 Å². The van der Waals surface area contributed by atoms with Gasteiger partial charge in [0.1, 0.15) is 0 Å². The average Bonchev–Trinajstić information content (AvgIpc) is 2.69. The normalized spacial score (nSPS) is 15.3. The molecule has 2 aromatic rings. The number of carbonyl (C=O) groups is 2. The fourth-order valence-corrected chi connectivity index (χ4v) is 3.21. The van der Waals surface area contributed by atoms with Gasteiger partial charge >= 0.3 is 0 Å². The van der Waals surface area contributed by atoms with Crippen molar-refractivity contribution in [2.75, 3.05) is 13.1 Å². The molecule has 0 bridgehead atoms. The minimum absolute atomic E-state index is 0. The molecular formula is C21H26ClN3O2. The number of piperidine rings is 1. The molecule has 1 heterocycles. The molecule has 2 amide bonds. The van der Waals surface area contributed by atoms with E-state index in [4.69, 9.17) is 0 Å². The molecule has 3 rings (SSSR count). The molecule has 0 spiro atoms. The molecule has 1 fully saturated rings. The number of rotatable bonds is 6. The van der Waals surface area contributed by atoms with Crippen LogP contribution in [0.2, 0.25) is 0 Å². The van der Waals surface area contributed by atoms with E-state index in [0.29, 0.717) is 5.56 Å². The lowest BCUT2D eigenvalue weighted by molar-refractivity contribution is -0.122. The van der Waals surface area contributed by atoms with E-state index in [2.05, 4.69) is 16.0 Å². The average molecular weight is 388 g/mol. The van der Waals surface area contributed by atoms with E-state index in [9.17, 15) is 9.59 Å². The highest BCUT2D eigenvalue weighted by atomic mass is 35.5. The molecule has 5 nitrogen and oxygen atoms in total. The summed E-state index contributed by atoms with van der Waals surface area (Å²) in [5, 5.41) is 9.40. The molecule has 2 aromatic carbocycles. The summed E-state index contributed by atoms with van der Waals surface area (Å²) in [6.07, 6.45) is 2.11. The summed E-state index contributed by atoms with van der Waals surface area (Å²) in [4.78, 5) is 25.1. The standard InChI is InChI=1S/C21H25N3O2.ClH/c25-20(23-18-11-13-22-14-12-18)15-19(16-7-3-1-4-8-16)24-21(26)17-9-5-2-6-10-17;/h1-10,18-19,22H,11-15H2,(H,23,25)(H,24,26);1H. The van der Waals surface area contributed by atoms with E-state index < -0.39 is 0 Å². The predicted molar refractivity (Wildman–Crippen MR) is 109 cm³/mol. The quantitative estimate of drug-likeness (QED) is 0.713. The Morgan fingerprint density at radius 3 is 2.19 bits per heavy atom. The van der Waals surface area contributed by atoms with Crippen LogP contribution in [-0.4, -0.2) is 30.9 Å². The fraction of sp³-hybridized carbons (Fsp3) is 0.333. The van der Waals surface area contributed by atoms with Gasteiger partial charge in [-0.2, -0.15) is 0 Å². The van der Waals surface area contributed by atoms with Crippen molar-refractivity contribution in [1.82, 2.24) is 16.0 Å². The molecule has 0 radical (unpaired) electrons. The zero-order valence-corrected chi connectivity index (χ0v) is 16.0. The van der Waals surface area contributed by atoms with Gasteiger partial charge in [-0.1, -0.05) is 48.5 Å². The van der Waals surface area contributed by atoms with Crippen LogP contribution in [0.15, 0.2) is 60.7 Å². The second kappa shape index (κ2) is 10.7. The third-order valence-electron chi connectivity index (χ3n) is 4.64. The summed E-state index contributed by atoms with van der Waals surface area (Å²) >= 11 is 0. The van der Waals surface area contributed by atoms with Gasteiger partial charge in [0, 0.05) is 11.6 Å². The van der Waals surface area contributed by atoms with Crippen LogP contribution in [-0.2, 0) is 4.79 Å². The van der Waals surface area contributed by atoms with E-state index in [1.54, 1.807) is 12.1 Å². The maximum absolute atomic E-state index is 12.5. The maximum Gasteiger partial charge on any atom is 0.251 e. The largest absolute Gasteiger partial charge is 0.353 e. The third-order valence-corrected chi connectivity index (χ3v) is 4.64. The van der Waals surface area contributed by atoms with Gasteiger partial charge in [-0.15, -0.1) is 12.4 Å².